The van der Waals surface area contributed by atoms with E-state index >= 15 is 0 Å². The highest BCUT2D eigenvalue weighted by Crippen LogP contribution is 2.18. The second kappa shape index (κ2) is 3.39. The Morgan fingerprint density at radius 1 is 1.33 bits per heavy atom. The highest BCUT2D eigenvalue weighted by molar-refractivity contribution is 5.82. The maximum absolute atomic E-state index is 11.0. The molecule has 1 N–H and O–H groups in total. The summed E-state index contributed by atoms with van der Waals surface area (Å²) in [5, 5.41) is 8.99. The van der Waals surface area contributed by atoms with Gasteiger partial charge in [-0.1, -0.05) is 19.1 Å². The Hall–Kier alpha value is -1.31. The van der Waals surface area contributed by atoms with Crippen LogP contribution < -0.4 is 0 Å². The van der Waals surface area contributed by atoms with Gasteiger partial charge in [0.05, 0.1) is 0 Å². The molecular formula is C10H12O2. The molecule has 0 fully saturated rings. The molecule has 64 valence electrons. The molecule has 0 saturated heterocycles. The summed E-state index contributed by atoms with van der Waals surface area (Å²) in [5.41, 5.74) is 0.945. The fourth-order valence-electron chi connectivity index (χ4n) is 0.998. The molecule has 0 saturated carbocycles. The molecule has 0 aliphatic carbocycles. The molecule has 1 rings (SSSR count). The van der Waals surface area contributed by atoms with Gasteiger partial charge >= 0.3 is 0 Å². The van der Waals surface area contributed by atoms with Crippen LogP contribution >= 0.6 is 0 Å². The number of ketones is 1. The first-order valence-electron chi connectivity index (χ1n) is 3.90. The topological polar surface area (TPSA) is 37.3 Å². The van der Waals surface area contributed by atoms with Crippen molar-refractivity contribution in [3.8, 4) is 5.75 Å². The van der Waals surface area contributed by atoms with E-state index in [0.29, 0.717) is 0 Å². The largest absolute Gasteiger partial charge is 0.508 e. The smallest absolute Gasteiger partial charge is 0.136 e. The molecule has 2 heteroatoms. The predicted octanol–water partition coefficient (Wildman–Crippen LogP) is 2.08. The highest BCUT2D eigenvalue weighted by atomic mass is 16.3. The summed E-state index contributed by atoms with van der Waals surface area (Å²) >= 11 is 0. The van der Waals surface area contributed by atoms with Crippen LogP contribution in [0.5, 0.6) is 5.75 Å². The van der Waals surface area contributed by atoms with Crippen LogP contribution in [0.3, 0.4) is 0 Å². The fourth-order valence-corrected chi connectivity index (χ4v) is 0.998. The zero-order valence-electron chi connectivity index (χ0n) is 7.24. The average Bonchev–Trinajstić information content (AvgIpc) is 2.04. The van der Waals surface area contributed by atoms with Crippen LogP contribution in [0.15, 0.2) is 24.3 Å². The molecule has 0 radical (unpaired) electrons. The van der Waals surface area contributed by atoms with Gasteiger partial charge in [-0.15, -0.1) is 0 Å². The van der Waals surface area contributed by atoms with Crippen molar-refractivity contribution in [3.63, 3.8) is 0 Å². The molecule has 0 amide bonds. The van der Waals surface area contributed by atoms with Gasteiger partial charge in [-0.2, -0.15) is 0 Å². The van der Waals surface area contributed by atoms with Gasteiger partial charge in [0.25, 0.3) is 0 Å². The van der Waals surface area contributed by atoms with E-state index in [-0.39, 0.29) is 17.5 Å². The minimum Gasteiger partial charge on any atom is -0.508 e. The number of carbonyl (C=O) groups is 1. The van der Waals surface area contributed by atoms with Crippen molar-refractivity contribution in [2.75, 3.05) is 0 Å². The monoisotopic (exact) mass is 164 g/mol. The first-order valence-corrected chi connectivity index (χ1v) is 3.90. The summed E-state index contributed by atoms with van der Waals surface area (Å²) < 4.78 is 0. The highest BCUT2D eigenvalue weighted by Gasteiger charge is 2.09. The number of hydrogen-bond acceptors (Lipinski definition) is 2. The van der Waals surface area contributed by atoms with Crippen molar-refractivity contribution in [1.82, 2.24) is 0 Å². The van der Waals surface area contributed by atoms with Crippen molar-refractivity contribution in [1.29, 1.82) is 0 Å². The van der Waals surface area contributed by atoms with Crippen molar-refractivity contribution in [3.05, 3.63) is 29.8 Å². The van der Waals surface area contributed by atoms with E-state index < -0.39 is 0 Å². The lowest BCUT2D eigenvalue weighted by atomic mass is 9.98. The Labute approximate surface area is 71.8 Å². The third-order valence-electron chi connectivity index (χ3n) is 2.00. The first-order chi connectivity index (χ1) is 5.61. The Bertz CT molecular complexity index is 274. The lowest BCUT2D eigenvalue weighted by molar-refractivity contribution is -0.118. The van der Waals surface area contributed by atoms with Gasteiger partial charge in [-0.25, -0.2) is 0 Å². The quantitative estimate of drug-likeness (QED) is 0.726. The molecular weight excluding hydrogens is 152 g/mol. The van der Waals surface area contributed by atoms with E-state index in [0.717, 1.165) is 5.56 Å². The molecule has 12 heavy (non-hydrogen) atoms. The summed E-state index contributed by atoms with van der Waals surface area (Å²) in [5.74, 6) is 0.292. The van der Waals surface area contributed by atoms with Crippen LogP contribution in [0.1, 0.15) is 25.3 Å². The minimum absolute atomic E-state index is 0.0781. The molecule has 0 bridgehead atoms. The lowest BCUT2D eigenvalue weighted by Crippen LogP contribution is -2.03. The number of hydrogen-bond donors (Lipinski definition) is 1. The minimum atomic E-state index is -0.0781. The molecule has 0 aromatic heterocycles. The average molecular weight is 164 g/mol. The van der Waals surface area contributed by atoms with Gasteiger partial charge in [-0.3, -0.25) is 4.79 Å². The number of rotatable bonds is 2. The Morgan fingerprint density at radius 3 is 2.25 bits per heavy atom. The van der Waals surface area contributed by atoms with E-state index in [1.807, 2.05) is 6.92 Å². The van der Waals surface area contributed by atoms with Crippen LogP contribution in [-0.2, 0) is 4.79 Å². The van der Waals surface area contributed by atoms with Crippen LogP contribution in [0.2, 0.25) is 0 Å². The van der Waals surface area contributed by atoms with Gasteiger partial charge in [0, 0.05) is 5.92 Å². The Balaban J connectivity index is 2.89. The van der Waals surface area contributed by atoms with Gasteiger partial charge in [0.1, 0.15) is 11.5 Å². The summed E-state index contributed by atoms with van der Waals surface area (Å²) in [4.78, 5) is 11.0. The summed E-state index contributed by atoms with van der Waals surface area (Å²) in [6.07, 6.45) is 0. The fraction of sp³-hybridized carbons (Fsp3) is 0.300. The van der Waals surface area contributed by atoms with Crippen LogP contribution in [0.4, 0.5) is 0 Å². The number of aromatic hydroxyl groups is 1. The maximum Gasteiger partial charge on any atom is 0.136 e. The van der Waals surface area contributed by atoms with E-state index in [4.69, 9.17) is 5.11 Å². The molecule has 1 aromatic carbocycles. The molecule has 1 aromatic rings. The van der Waals surface area contributed by atoms with E-state index in [2.05, 4.69) is 0 Å². The van der Waals surface area contributed by atoms with Gasteiger partial charge in [0.15, 0.2) is 0 Å². The summed E-state index contributed by atoms with van der Waals surface area (Å²) in [6.45, 7) is 3.42. The third-order valence-corrected chi connectivity index (χ3v) is 2.00. The van der Waals surface area contributed by atoms with Crippen LogP contribution in [0, 0.1) is 0 Å². The zero-order chi connectivity index (χ0) is 9.14. The van der Waals surface area contributed by atoms with Gasteiger partial charge in [0.2, 0.25) is 0 Å². The third kappa shape index (κ3) is 1.84. The Morgan fingerprint density at radius 2 is 1.83 bits per heavy atom. The molecule has 0 heterocycles. The van der Waals surface area contributed by atoms with Crippen LogP contribution in [-0.4, -0.2) is 10.9 Å². The standard InChI is InChI=1S/C10H12O2/c1-7(8(2)11)9-3-5-10(12)6-4-9/h3-7,12H,1-2H3/t7-/m0/s1. The van der Waals surface area contributed by atoms with Gasteiger partial charge in [-0.05, 0) is 24.6 Å². The number of carbonyl (C=O) groups excluding carboxylic acids is 1. The maximum atomic E-state index is 11.0. The number of Topliss-reactive ketones (excluding diaryl/α,β-unsaturated/α-hetero) is 1. The molecule has 0 spiro atoms. The second-order valence-electron chi connectivity index (χ2n) is 2.92. The predicted molar refractivity (Wildman–Crippen MR) is 47.2 cm³/mol. The summed E-state index contributed by atoms with van der Waals surface area (Å²) in [7, 11) is 0. The van der Waals surface area contributed by atoms with Crippen molar-refractivity contribution < 1.29 is 9.90 Å². The number of phenolic OH excluding ortho intramolecular Hbond substituents is 1. The first kappa shape index (κ1) is 8.78. The molecule has 0 unspecified atom stereocenters. The molecule has 2 nitrogen and oxygen atoms in total. The lowest BCUT2D eigenvalue weighted by Gasteiger charge is -2.06. The van der Waals surface area contributed by atoms with E-state index in [9.17, 15) is 4.79 Å². The van der Waals surface area contributed by atoms with Gasteiger partial charge < -0.3 is 5.11 Å². The van der Waals surface area contributed by atoms with E-state index in [1.54, 1.807) is 31.2 Å². The van der Waals surface area contributed by atoms with Crippen molar-refractivity contribution >= 4 is 5.78 Å². The summed E-state index contributed by atoms with van der Waals surface area (Å²) in [6, 6.07) is 6.71. The van der Waals surface area contributed by atoms with Crippen LogP contribution in [0.25, 0.3) is 0 Å². The Kier molecular flexibility index (Phi) is 2.48. The van der Waals surface area contributed by atoms with E-state index in [1.165, 1.54) is 0 Å². The van der Waals surface area contributed by atoms with Crippen molar-refractivity contribution in [2.24, 2.45) is 0 Å². The second-order valence-corrected chi connectivity index (χ2v) is 2.92. The number of benzene rings is 1. The SMILES string of the molecule is CC(=O)[C@H](C)c1ccc(O)cc1. The number of phenols is 1. The molecule has 0 aliphatic rings. The molecule has 1 atom stereocenters. The normalized spacial score (nSPS) is 12.5. The van der Waals surface area contributed by atoms with Crippen molar-refractivity contribution in [2.45, 2.75) is 19.8 Å². The zero-order valence-corrected chi connectivity index (χ0v) is 7.24. The molecule has 0 aliphatic heterocycles.